The van der Waals surface area contributed by atoms with Gasteiger partial charge in [-0.15, -0.1) is 0 Å². The quantitative estimate of drug-likeness (QED) is 0.819. The lowest BCUT2D eigenvalue weighted by Crippen LogP contribution is -2.42. The zero-order valence-electron chi connectivity index (χ0n) is 17.6. The fourth-order valence-electron chi connectivity index (χ4n) is 4.72. The monoisotopic (exact) mass is 400 g/mol. The van der Waals surface area contributed by atoms with E-state index in [4.69, 9.17) is 9.97 Å². The topological polar surface area (TPSA) is 81.7 Å². The molecule has 3 aliphatic rings. The van der Waals surface area contributed by atoms with Crippen LogP contribution < -0.4 is 5.32 Å². The zero-order valence-corrected chi connectivity index (χ0v) is 17.6. The summed E-state index contributed by atoms with van der Waals surface area (Å²) in [6.07, 6.45) is 4.98. The van der Waals surface area contributed by atoms with Gasteiger partial charge in [-0.2, -0.15) is 0 Å². The van der Waals surface area contributed by atoms with Gasteiger partial charge in [-0.3, -0.25) is 14.5 Å². The first-order valence-electron chi connectivity index (χ1n) is 10.9. The largest absolute Gasteiger partial charge is 0.373 e. The van der Waals surface area contributed by atoms with E-state index in [2.05, 4.69) is 10.2 Å². The molecule has 1 aromatic rings. The van der Waals surface area contributed by atoms with Crippen LogP contribution in [0.1, 0.15) is 55.6 Å². The van der Waals surface area contributed by atoms with Gasteiger partial charge in [-0.05, 0) is 38.8 Å². The second kappa shape index (κ2) is 8.65. The van der Waals surface area contributed by atoms with Gasteiger partial charge >= 0.3 is 0 Å². The van der Waals surface area contributed by atoms with E-state index in [0.29, 0.717) is 13.1 Å². The molecule has 158 valence electrons. The fourth-order valence-corrected chi connectivity index (χ4v) is 4.72. The molecule has 1 N–H and O–H groups in total. The van der Waals surface area contributed by atoms with Crippen LogP contribution >= 0.6 is 0 Å². The molecular weight excluding hydrogens is 368 g/mol. The van der Waals surface area contributed by atoms with Gasteiger partial charge in [-0.25, -0.2) is 9.97 Å². The summed E-state index contributed by atoms with van der Waals surface area (Å²) < 4.78 is 0. The summed E-state index contributed by atoms with van der Waals surface area (Å²) in [6.45, 7) is 7.08. The van der Waals surface area contributed by atoms with Crippen molar-refractivity contribution in [3.8, 4) is 0 Å². The van der Waals surface area contributed by atoms with Gasteiger partial charge in [0, 0.05) is 51.5 Å². The Kier molecular flexibility index (Phi) is 5.99. The highest BCUT2D eigenvalue weighted by Crippen LogP contribution is 2.30. The number of carbonyl (C=O) groups is 2. The Morgan fingerprint density at radius 2 is 1.76 bits per heavy atom. The Morgan fingerprint density at radius 3 is 2.41 bits per heavy atom. The van der Waals surface area contributed by atoms with Crippen LogP contribution in [0.3, 0.4) is 0 Å². The number of piperidine rings is 1. The Labute approximate surface area is 172 Å². The van der Waals surface area contributed by atoms with E-state index in [0.717, 1.165) is 74.9 Å². The highest BCUT2D eigenvalue weighted by atomic mass is 16.2. The lowest BCUT2D eigenvalue weighted by Gasteiger charge is -2.33. The van der Waals surface area contributed by atoms with Crippen LogP contribution in [-0.4, -0.2) is 82.8 Å². The summed E-state index contributed by atoms with van der Waals surface area (Å²) in [6, 6.07) is 0. The molecule has 1 aromatic heterocycles. The fraction of sp³-hybridized carbons (Fsp3) is 0.714. The standard InChI is InChI=1S/C21H32N6O2/c1-15(28)26-10-5-16(6-11-26)20-23-18-7-12-27(13-17(18)21(22-2)24-20)19(29)14-25-8-3-4-9-25/h16H,3-14H2,1-2H3,(H,22,23,24). The maximum Gasteiger partial charge on any atom is 0.237 e. The average Bonchev–Trinajstić information content (AvgIpc) is 3.25. The summed E-state index contributed by atoms with van der Waals surface area (Å²) >= 11 is 0. The van der Waals surface area contributed by atoms with E-state index in [1.807, 2.05) is 16.8 Å². The van der Waals surface area contributed by atoms with Crippen molar-refractivity contribution in [1.29, 1.82) is 0 Å². The van der Waals surface area contributed by atoms with Crippen molar-refractivity contribution < 1.29 is 9.59 Å². The molecule has 0 aliphatic carbocycles. The third kappa shape index (κ3) is 4.37. The molecule has 2 saturated heterocycles. The van der Waals surface area contributed by atoms with Crippen LogP contribution in [0.15, 0.2) is 0 Å². The van der Waals surface area contributed by atoms with Crippen molar-refractivity contribution in [1.82, 2.24) is 24.7 Å². The molecule has 4 heterocycles. The van der Waals surface area contributed by atoms with Crippen molar-refractivity contribution in [3.63, 3.8) is 0 Å². The van der Waals surface area contributed by atoms with Gasteiger partial charge < -0.3 is 15.1 Å². The molecule has 0 spiro atoms. The van der Waals surface area contributed by atoms with Crippen LogP contribution in [0, 0.1) is 0 Å². The van der Waals surface area contributed by atoms with Gasteiger partial charge in [0.2, 0.25) is 11.8 Å². The van der Waals surface area contributed by atoms with E-state index in [9.17, 15) is 9.59 Å². The van der Waals surface area contributed by atoms with Crippen molar-refractivity contribution >= 4 is 17.6 Å². The van der Waals surface area contributed by atoms with E-state index < -0.39 is 0 Å². The molecule has 4 rings (SSSR count). The number of amides is 2. The molecule has 8 heteroatoms. The molecule has 8 nitrogen and oxygen atoms in total. The Hall–Kier alpha value is -2.22. The van der Waals surface area contributed by atoms with E-state index in [1.54, 1.807) is 6.92 Å². The molecule has 0 saturated carbocycles. The molecule has 0 aromatic carbocycles. The second-order valence-electron chi connectivity index (χ2n) is 8.43. The van der Waals surface area contributed by atoms with Crippen LogP contribution in [0.4, 0.5) is 5.82 Å². The van der Waals surface area contributed by atoms with Crippen molar-refractivity contribution in [2.75, 3.05) is 51.6 Å². The Balaban J connectivity index is 1.46. The minimum absolute atomic E-state index is 0.143. The molecule has 29 heavy (non-hydrogen) atoms. The summed E-state index contributed by atoms with van der Waals surface area (Å²) in [5.74, 6) is 2.37. The molecule has 0 atom stereocenters. The second-order valence-corrected chi connectivity index (χ2v) is 8.43. The first-order chi connectivity index (χ1) is 14.0. The predicted octanol–water partition coefficient (Wildman–Crippen LogP) is 1.22. The molecule has 2 fully saturated rings. The SMILES string of the molecule is CNc1nc(C2CCN(C(C)=O)CC2)nc2c1CN(C(=O)CN1CCCC1)CC2. The summed E-state index contributed by atoms with van der Waals surface area (Å²) in [4.78, 5) is 40.2. The third-order valence-electron chi connectivity index (χ3n) is 6.53. The number of hydrogen-bond donors (Lipinski definition) is 1. The maximum atomic E-state index is 12.8. The minimum Gasteiger partial charge on any atom is -0.373 e. The number of nitrogens with one attached hydrogen (secondary N) is 1. The number of aromatic nitrogens is 2. The van der Waals surface area contributed by atoms with Crippen molar-refractivity contribution in [2.45, 2.75) is 51.5 Å². The lowest BCUT2D eigenvalue weighted by atomic mass is 9.95. The van der Waals surface area contributed by atoms with Gasteiger partial charge in [-0.1, -0.05) is 0 Å². The predicted molar refractivity (Wildman–Crippen MR) is 111 cm³/mol. The number of anilines is 1. The third-order valence-corrected chi connectivity index (χ3v) is 6.53. The van der Waals surface area contributed by atoms with E-state index in [1.165, 1.54) is 12.8 Å². The maximum absolute atomic E-state index is 12.8. The van der Waals surface area contributed by atoms with Crippen LogP contribution in [0.2, 0.25) is 0 Å². The van der Waals surface area contributed by atoms with Crippen LogP contribution in [0.25, 0.3) is 0 Å². The Morgan fingerprint density at radius 1 is 1.03 bits per heavy atom. The summed E-state index contributed by atoms with van der Waals surface area (Å²) in [7, 11) is 1.88. The van der Waals surface area contributed by atoms with E-state index in [-0.39, 0.29) is 17.7 Å². The van der Waals surface area contributed by atoms with Crippen LogP contribution in [-0.2, 0) is 22.6 Å². The van der Waals surface area contributed by atoms with Crippen LogP contribution in [0.5, 0.6) is 0 Å². The van der Waals surface area contributed by atoms with Gasteiger partial charge in [0.15, 0.2) is 0 Å². The number of fused-ring (bicyclic) bond motifs is 1. The van der Waals surface area contributed by atoms with Gasteiger partial charge in [0.05, 0.1) is 18.8 Å². The number of nitrogens with zero attached hydrogens (tertiary/aromatic N) is 5. The van der Waals surface area contributed by atoms with Crippen molar-refractivity contribution in [3.05, 3.63) is 17.1 Å². The molecular formula is C21H32N6O2. The normalized spacial score (nSPS) is 20.6. The lowest BCUT2D eigenvalue weighted by molar-refractivity contribution is -0.133. The highest BCUT2D eigenvalue weighted by molar-refractivity contribution is 5.79. The average molecular weight is 401 g/mol. The first-order valence-corrected chi connectivity index (χ1v) is 10.9. The van der Waals surface area contributed by atoms with Crippen molar-refractivity contribution in [2.24, 2.45) is 0 Å². The summed E-state index contributed by atoms with van der Waals surface area (Å²) in [5, 5.41) is 3.23. The number of carbonyl (C=O) groups excluding carboxylic acids is 2. The number of hydrogen-bond acceptors (Lipinski definition) is 6. The minimum atomic E-state index is 0.143. The zero-order chi connectivity index (χ0) is 20.4. The highest BCUT2D eigenvalue weighted by Gasteiger charge is 2.29. The number of rotatable bonds is 4. The smallest absolute Gasteiger partial charge is 0.237 e. The first kappa shape index (κ1) is 20.1. The molecule has 0 radical (unpaired) electrons. The Bertz CT molecular complexity index is 751. The molecule has 2 amide bonds. The van der Waals surface area contributed by atoms with Gasteiger partial charge in [0.1, 0.15) is 11.6 Å². The number of likely N-dealkylation sites (tertiary alicyclic amines) is 2. The van der Waals surface area contributed by atoms with Gasteiger partial charge in [0.25, 0.3) is 0 Å². The molecule has 3 aliphatic heterocycles. The van der Waals surface area contributed by atoms with E-state index >= 15 is 0 Å². The molecule has 0 unspecified atom stereocenters. The summed E-state index contributed by atoms with van der Waals surface area (Å²) in [5.41, 5.74) is 2.12. The molecule has 0 bridgehead atoms.